The summed E-state index contributed by atoms with van der Waals surface area (Å²) in [5, 5.41) is 11.9. The quantitative estimate of drug-likeness (QED) is 0.670. The van der Waals surface area contributed by atoms with Gasteiger partial charge in [-0.05, 0) is 48.2 Å². The number of methoxy groups -OCH3 is 1. The number of ether oxygens (including phenoxy) is 2. The summed E-state index contributed by atoms with van der Waals surface area (Å²) in [5.74, 6) is 0.192. The summed E-state index contributed by atoms with van der Waals surface area (Å²) in [5.41, 5.74) is 1.91. The lowest BCUT2D eigenvalue weighted by atomic mass is 10.1. The number of nitrogens with one attached hydrogen (secondary N) is 1. The Labute approximate surface area is 159 Å². The van der Waals surface area contributed by atoms with Crippen LogP contribution in [-0.4, -0.2) is 37.2 Å². The molecule has 2 aromatic rings. The number of carboxylic acids is 1. The Morgan fingerprint density at radius 1 is 1.15 bits per heavy atom. The highest BCUT2D eigenvalue weighted by Crippen LogP contribution is 2.20. The maximum absolute atomic E-state index is 12.2. The van der Waals surface area contributed by atoms with E-state index in [1.807, 2.05) is 31.2 Å². The van der Waals surface area contributed by atoms with Gasteiger partial charge in [0.15, 0.2) is 0 Å². The number of carboxylic acid groups (broad SMARTS) is 1. The summed E-state index contributed by atoms with van der Waals surface area (Å²) in [7, 11) is 1.50. The molecule has 0 aromatic heterocycles. The van der Waals surface area contributed by atoms with Crippen molar-refractivity contribution in [3.63, 3.8) is 0 Å². The number of benzene rings is 2. The minimum Gasteiger partial charge on any atom is -0.496 e. The molecule has 27 heavy (non-hydrogen) atoms. The van der Waals surface area contributed by atoms with Crippen molar-refractivity contribution in [3.8, 4) is 11.5 Å². The Bertz CT molecular complexity index is 788. The number of aromatic carboxylic acids is 1. The second-order valence-corrected chi connectivity index (χ2v) is 6.10. The number of carbonyl (C=O) groups excluding carboxylic acids is 1. The van der Waals surface area contributed by atoms with Crippen LogP contribution in [-0.2, 0) is 17.6 Å². The van der Waals surface area contributed by atoms with Crippen molar-refractivity contribution in [2.75, 3.05) is 20.3 Å². The molecule has 0 unspecified atom stereocenters. The molecule has 6 heteroatoms. The predicted molar refractivity (Wildman–Crippen MR) is 103 cm³/mol. The molecule has 0 saturated heterocycles. The summed E-state index contributed by atoms with van der Waals surface area (Å²) in [6, 6.07) is 12.3. The van der Waals surface area contributed by atoms with E-state index in [2.05, 4.69) is 5.32 Å². The molecule has 0 atom stereocenters. The van der Waals surface area contributed by atoms with Gasteiger partial charge >= 0.3 is 5.97 Å². The molecular weight excluding hydrogens is 346 g/mol. The number of rotatable bonds is 10. The molecule has 0 saturated carbocycles. The monoisotopic (exact) mass is 371 g/mol. The van der Waals surface area contributed by atoms with Gasteiger partial charge in [-0.2, -0.15) is 0 Å². The fraction of sp³-hybridized carbons (Fsp3) is 0.333. The highest BCUT2D eigenvalue weighted by atomic mass is 16.5. The molecule has 0 bridgehead atoms. The molecule has 0 fully saturated rings. The molecule has 0 aliphatic heterocycles. The molecule has 0 radical (unpaired) electrons. The summed E-state index contributed by atoms with van der Waals surface area (Å²) >= 11 is 0. The SMILES string of the molecule is CCCOc1cccc(CC(=O)NCCc2ccc(C(=O)O)cc2OC)c1. The van der Waals surface area contributed by atoms with Gasteiger partial charge in [0.05, 0.1) is 25.7 Å². The Hall–Kier alpha value is -3.02. The standard InChI is InChI=1S/C21H25NO5/c1-3-11-27-18-6-4-5-15(12-18)13-20(23)22-10-9-16-7-8-17(21(24)25)14-19(16)26-2/h4-8,12,14H,3,9-11,13H2,1-2H3,(H,22,23)(H,24,25). The van der Waals surface area contributed by atoms with Crippen molar-refractivity contribution >= 4 is 11.9 Å². The van der Waals surface area contributed by atoms with Gasteiger partial charge in [-0.3, -0.25) is 4.79 Å². The van der Waals surface area contributed by atoms with Crippen LogP contribution in [0.1, 0.15) is 34.8 Å². The van der Waals surface area contributed by atoms with E-state index in [0.29, 0.717) is 25.3 Å². The van der Waals surface area contributed by atoms with Gasteiger partial charge in [-0.15, -0.1) is 0 Å². The summed E-state index contributed by atoms with van der Waals surface area (Å²) in [6.07, 6.45) is 1.76. The van der Waals surface area contributed by atoms with E-state index in [1.165, 1.54) is 19.2 Å². The van der Waals surface area contributed by atoms with Gasteiger partial charge in [0.1, 0.15) is 11.5 Å². The molecule has 2 N–H and O–H groups in total. The van der Waals surface area contributed by atoms with Crippen LogP contribution in [0.25, 0.3) is 0 Å². The van der Waals surface area contributed by atoms with Crippen molar-refractivity contribution in [2.45, 2.75) is 26.2 Å². The van der Waals surface area contributed by atoms with Crippen molar-refractivity contribution in [1.29, 1.82) is 0 Å². The average molecular weight is 371 g/mol. The number of amides is 1. The van der Waals surface area contributed by atoms with Crippen LogP contribution in [0, 0.1) is 0 Å². The molecule has 0 aliphatic carbocycles. The Morgan fingerprint density at radius 3 is 2.67 bits per heavy atom. The zero-order chi connectivity index (χ0) is 19.6. The van der Waals surface area contributed by atoms with E-state index in [-0.39, 0.29) is 17.9 Å². The van der Waals surface area contributed by atoms with Gasteiger partial charge in [0.25, 0.3) is 0 Å². The number of carbonyl (C=O) groups is 2. The van der Waals surface area contributed by atoms with Gasteiger partial charge in [0, 0.05) is 6.54 Å². The van der Waals surface area contributed by atoms with Gasteiger partial charge in [-0.25, -0.2) is 4.79 Å². The first kappa shape index (κ1) is 20.3. The van der Waals surface area contributed by atoms with Crippen LogP contribution in [0.15, 0.2) is 42.5 Å². The van der Waals surface area contributed by atoms with Crippen LogP contribution in [0.5, 0.6) is 11.5 Å². The van der Waals surface area contributed by atoms with Crippen LogP contribution in [0.4, 0.5) is 0 Å². The second kappa shape index (κ2) is 10.2. The lowest BCUT2D eigenvalue weighted by Gasteiger charge is -2.11. The molecular formula is C21H25NO5. The van der Waals surface area contributed by atoms with Gasteiger partial charge < -0.3 is 19.9 Å². The lowest BCUT2D eigenvalue weighted by Crippen LogP contribution is -2.27. The Balaban J connectivity index is 1.87. The number of hydrogen-bond donors (Lipinski definition) is 2. The molecule has 1 amide bonds. The zero-order valence-corrected chi connectivity index (χ0v) is 15.7. The maximum Gasteiger partial charge on any atom is 0.335 e. The van der Waals surface area contributed by atoms with Crippen LogP contribution in [0.2, 0.25) is 0 Å². The summed E-state index contributed by atoms with van der Waals surface area (Å²) in [4.78, 5) is 23.2. The first-order valence-electron chi connectivity index (χ1n) is 8.92. The van der Waals surface area contributed by atoms with E-state index < -0.39 is 5.97 Å². The third kappa shape index (κ3) is 6.33. The first-order valence-corrected chi connectivity index (χ1v) is 8.92. The third-order valence-corrected chi connectivity index (χ3v) is 3.99. The smallest absolute Gasteiger partial charge is 0.335 e. The fourth-order valence-corrected chi connectivity index (χ4v) is 2.63. The third-order valence-electron chi connectivity index (χ3n) is 3.99. The molecule has 0 heterocycles. The van der Waals surface area contributed by atoms with Gasteiger partial charge in [0.2, 0.25) is 5.91 Å². The van der Waals surface area contributed by atoms with E-state index in [9.17, 15) is 9.59 Å². The van der Waals surface area contributed by atoms with Crippen molar-refractivity contribution < 1.29 is 24.2 Å². The zero-order valence-electron chi connectivity index (χ0n) is 15.7. The topological polar surface area (TPSA) is 84.9 Å². The highest BCUT2D eigenvalue weighted by Gasteiger charge is 2.10. The van der Waals surface area contributed by atoms with Crippen molar-refractivity contribution in [2.24, 2.45) is 0 Å². The molecule has 2 rings (SSSR count). The normalized spacial score (nSPS) is 10.3. The lowest BCUT2D eigenvalue weighted by molar-refractivity contribution is -0.120. The van der Waals surface area contributed by atoms with Crippen molar-refractivity contribution in [3.05, 3.63) is 59.2 Å². The Kier molecular flexibility index (Phi) is 7.67. The molecule has 0 aliphatic rings. The second-order valence-electron chi connectivity index (χ2n) is 6.10. The molecule has 6 nitrogen and oxygen atoms in total. The van der Waals surface area contributed by atoms with Crippen molar-refractivity contribution in [1.82, 2.24) is 5.32 Å². The summed E-state index contributed by atoms with van der Waals surface area (Å²) < 4.78 is 10.8. The largest absolute Gasteiger partial charge is 0.496 e. The minimum absolute atomic E-state index is 0.0798. The van der Waals surface area contributed by atoms with Crippen LogP contribution >= 0.6 is 0 Å². The predicted octanol–water partition coefficient (Wildman–Crippen LogP) is 3.08. The maximum atomic E-state index is 12.2. The molecule has 2 aromatic carbocycles. The van der Waals surface area contributed by atoms with E-state index >= 15 is 0 Å². The van der Waals surface area contributed by atoms with Crippen LogP contribution < -0.4 is 14.8 Å². The van der Waals surface area contributed by atoms with E-state index in [1.54, 1.807) is 6.07 Å². The Morgan fingerprint density at radius 2 is 1.96 bits per heavy atom. The fourth-order valence-electron chi connectivity index (χ4n) is 2.63. The average Bonchev–Trinajstić information content (AvgIpc) is 2.66. The van der Waals surface area contributed by atoms with E-state index in [0.717, 1.165) is 23.3 Å². The number of hydrogen-bond acceptors (Lipinski definition) is 4. The summed E-state index contributed by atoms with van der Waals surface area (Å²) in [6.45, 7) is 3.13. The van der Waals surface area contributed by atoms with Crippen LogP contribution in [0.3, 0.4) is 0 Å². The minimum atomic E-state index is -1.00. The van der Waals surface area contributed by atoms with E-state index in [4.69, 9.17) is 14.6 Å². The van der Waals surface area contributed by atoms with Gasteiger partial charge in [-0.1, -0.05) is 25.1 Å². The first-order chi connectivity index (χ1) is 13.0. The highest BCUT2D eigenvalue weighted by molar-refractivity contribution is 5.88. The molecule has 144 valence electrons. The molecule has 0 spiro atoms.